The van der Waals surface area contributed by atoms with Crippen molar-refractivity contribution in [3.05, 3.63) is 29.8 Å². The quantitative estimate of drug-likeness (QED) is 0.878. The number of piperidine rings is 1. The molecular formula is C19H28N2O2. The number of carbonyl (C=O) groups excluding carboxylic acids is 1. The van der Waals surface area contributed by atoms with Gasteiger partial charge in [0.2, 0.25) is 0 Å². The lowest BCUT2D eigenvalue weighted by Gasteiger charge is -2.30. The number of nitrogens with zero attached hydrogens (tertiary/aromatic N) is 1. The molecule has 1 amide bonds. The van der Waals surface area contributed by atoms with Crippen LogP contribution in [0, 0.1) is 11.8 Å². The van der Waals surface area contributed by atoms with Crippen LogP contribution in [0.4, 0.5) is 5.69 Å². The van der Waals surface area contributed by atoms with Crippen LogP contribution in [0.25, 0.3) is 0 Å². The van der Waals surface area contributed by atoms with Gasteiger partial charge in [0.1, 0.15) is 6.10 Å². The van der Waals surface area contributed by atoms with Gasteiger partial charge in [-0.05, 0) is 68.3 Å². The van der Waals surface area contributed by atoms with E-state index in [1.807, 2.05) is 12.1 Å². The third-order valence-electron chi connectivity index (χ3n) is 5.37. The van der Waals surface area contributed by atoms with Crippen molar-refractivity contribution in [1.29, 1.82) is 0 Å². The Hall–Kier alpha value is -1.39. The van der Waals surface area contributed by atoms with Crippen LogP contribution < -0.4 is 5.32 Å². The Morgan fingerprint density at radius 1 is 1.22 bits per heavy atom. The molecule has 0 aromatic heterocycles. The zero-order valence-electron chi connectivity index (χ0n) is 14.0. The fourth-order valence-electron chi connectivity index (χ4n) is 3.36. The molecule has 1 heterocycles. The maximum atomic E-state index is 12.0. The summed E-state index contributed by atoms with van der Waals surface area (Å²) in [5, 5.41) is 12.8. The Labute approximate surface area is 138 Å². The van der Waals surface area contributed by atoms with Crippen molar-refractivity contribution < 1.29 is 9.90 Å². The molecule has 126 valence electrons. The van der Waals surface area contributed by atoms with E-state index in [1.54, 1.807) is 0 Å². The monoisotopic (exact) mass is 316 g/mol. The second-order valence-corrected chi connectivity index (χ2v) is 7.28. The molecule has 1 aliphatic heterocycles. The molecule has 1 atom stereocenters. The van der Waals surface area contributed by atoms with Gasteiger partial charge in [0.25, 0.3) is 5.91 Å². The van der Waals surface area contributed by atoms with E-state index >= 15 is 0 Å². The number of aliphatic hydroxyl groups is 1. The summed E-state index contributed by atoms with van der Waals surface area (Å²) in [6, 6.07) is 8.02. The molecule has 1 saturated heterocycles. The first-order valence-corrected chi connectivity index (χ1v) is 8.92. The van der Waals surface area contributed by atoms with Crippen LogP contribution in [0.3, 0.4) is 0 Å². The molecule has 1 aliphatic carbocycles. The van der Waals surface area contributed by atoms with Crippen molar-refractivity contribution in [3.63, 3.8) is 0 Å². The van der Waals surface area contributed by atoms with Gasteiger partial charge in [0.05, 0.1) is 0 Å². The number of rotatable bonds is 5. The maximum Gasteiger partial charge on any atom is 0.253 e. The molecule has 2 aliphatic rings. The first kappa shape index (κ1) is 16.5. The summed E-state index contributed by atoms with van der Waals surface area (Å²) in [5.41, 5.74) is 2.04. The van der Waals surface area contributed by atoms with Crippen LogP contribution in [0.2, 0.25) is 0 Å². The molecule has 1 aromatic carbocycles. The highest BCUT2D eigenvalue weighted by Crippen LogP contribution is 2.30. The van der Waals surface area contributed by atoms with Crippen LogP contribution in [0.5, 0.6) is 0 Å². The zero-order valence-corrected chi connectivity index (χ0v) is 14.0. The lowest BCUT2D eigenvalue weighted by Crippen LogP contribution is -2.37. The summed E-state index contributed by atoms with van der Waals surface area (Å²) in [7, 11) is 0. The Kier molecular flexibility index (Phi) is 5.34. The summed E-state index contributed by atoms with van der Waals surface area (Å²) in [6.07, 6.45) is 4.75. The summed E-state index contributed by atoms with van der Waals surface area (Å²) >= 11 is 0. The minimum atomic E-state index is -0.862. The summed E-state index contributed by atoms with van der Waals surface area (Å²) < 4.78 is 0. The zero-order chi connectivity index (χ0) is 16.2. The third kappa shape index (κ3) is 4.33. The highest BCUT2D eigenvalue weighted by Gasteiger charge is 2.30. The summed E-state index contributed by atoms with van der Waals surface area (Å²) in [6.45, 7) is 5.65. The second kappa shape index (κ2) is 7.45. The van der Waals surface area contributed by atoms with Crippen molar-refractivity contribution in [3.8, 4) is 0 Å². The van der Waals surface area contributed by atoms with Crippen molar-refractivity contribution in [2.45, 2.75) is 51.7 Å². The predicted molar refractivity (Wildman–Crippen MR) is 92.1 cm³/mol. The number of benzene rings is 1. The standard InChI is InChI=1S/C19H28N2O2/c1-14-9-11-21(12-10-14)13-15-5-7-17(8-6-15)20-19(23)18(22)16-3-2-4-16/h5-8,14,16,18,22H,2-4,9-13H2,1H3,(H,20,23). The van der Waals surface area contributed by atoms with E-state index in [0.29, 0.717) is 0 Å². The normalized spacial score (nSPS) is 21.7. The Balaban J connectivity index is 1.49. The van der Waals surface area contributed by atoms with Crippen LogP contribution in [-0.2, 0) is 11.3 Å². The molecule has 1 unspecified atom stereocenters. The number of nitrogens with one attached hydrogen (secondary N) is 1. The summed E-state index contributed by atoms with van der Waals surface area (Å²) in [4.78, 5) is 14.5. The van der Waals surface area contributed by atoms with E-state index in [4.69, 9.17) is 0 Å². The average molecular weight is 316 g/mol. The molecule has 0 bridgehead atoms. The molecule has 4 nitrogen and oxygen atoms in total. The van der Waals surface area contributed by atoms with Crippen LogP contribution in [0.1, 0.15) is 44.6 Å². The molecule has 0 spiro atoms. The number of amides is 1. The third-order valence-corrected chi connectivity index (χ3v) is 5.37. The number of anilines is 1. The van der Waals surface area contributed by atoms with Gasteiger partial charge in [-0.25, -0.2) is 0 Å². The van der Waals surface area contributed by atoms with Gasteiger partial charge in [-0.2, -0.15) is 0 Å². The van der Waals surface area contributed by atoms with E-state index in [1.165, 1.54) is 31.5 Å². The fraction of sp³-hybridized carbons (Fsp3) is 0.632. The first-order valence-electron chi connectivity index (χ1n) is 8.92. The van der Waals surface area contributed by atoms with Crippen LogP contribution >= 0.6 is 0 Å². The van der Waals surface area contributed by atoms with E-state index in [2.05, 4.69) is 29.3 Å². The van der Waals surface area contributed by atoms with Crippen molar-refractivity contribution in [2.75, 3.05) is 18.4 Å². The van der Waals surface area contributed by atoms with Crippen molar-refractivity contribution in [2.24, 2.45) is 11.8 Å². The Bertz CT molecular complexity index is 517. The SMILES string of the molecule is CC1CCN(Cc2ccc(NC(=O)C(O)C3CCC3)cc2)CC1. The molecule has 3 rings (SSSR count). The topological polar surface area (TPSA) is 52.6 Å². The van der Waals surface area contributed by atoms with Gasteiger partial charge < -0.3 is 10.4 Å². The number of likely N-dealkylation sites (tertiary alicyclic amines) is 1. The molecule has 2 N–H and O–H groups in total. The van der Waals surface area contributed by atoms with Gasteiger partial charge >= 0.3 is 0 Å². The Morgan fingerprint density at radius 2 is 1.87 bits per heavy atom. The van der Waals surface area contributed by atoms with Gasteiger partial charge in [-0.15, -0.1) is 0 Å². The van der Waals surface area contributed by atoms with E-state index in [0.717, 1.165) is 37.4 Å². The second-order valence-electron chi connectivity index (χ2n) is 7.28. The molecule has 0 radical (unpaired) electrons. The molecule has 4 heteroatoms. The summed E-state index contributed by atoms with van der Waals surface area (Å²) in [5.74, 6) is 0.731. The smallest absolute Gasteiger partial charge is 0.253 e. The lowest BCUT2D eigenvalue weighted by atomic mass is 9.81. The molecule has 2 fully saturated rings. The van der Waals surface area contributed by atoms with Crippen LogP contribution in [0.15, 0.2) is 24.3 Å². The predicted octanol–water partition coefficient (Wildman–Crippen LogP) is 3.02. The molecule has 1 saturated carbocycles. The number of hydrogen-bond donors (Lipinski definition) is 2. The average Bonchev–Trinajstić information content (AvgIpc) is 2.50. The number of carbonyl (C=O) groups is 1. The van der Waals surface area contributed by atoms with Crippen molar-refractivity contribution >= 4 is 11.6 Å². The lowest BCUT2D eigenvalue weighted by molar-refractivity contribution is -0.128. The van der Waals surface area contributed by atoms with Gasteiger partial charge in [-0.3, -0.25) is 9.69 Å². The number of aliphatic hydroxyl groups excluding tert-OH is 1. The highest BCUT2D eigenvalue weighted by atomic mass is 16.3. The first-order chi connectivity index (χ1) is 11.1. The van der Waals surface area contributed by atoms with E-state index in [9.17, 15) is 9.90 Å². The van der Waals surface area contributed by atoms with Crippen molar-refractivity contribution in [1.82, 2.24) is 4.90 Å². The van der Waals surface area contributed by atoms with Crippen LogP contribution in [-0.4, -0.2) is 35.1 Å². The Morgan fingerprint density at radius 3 is 2.43 bits per heavy atom. The fourth-order valence-corrected chi connectivity index (χ4v) is 3.36. The minimum absolute atomic E-state index is 0.149. The molecule has 23 heavy (non-hydrogen) atoms. The molecule has 1 aromatic rings. The maximum absolute atomic E-state index is 12.0. The van der Waals surface area contributed by atoms with Gasteiger partial charge in [0, 0.05) is 12.2 Å². The largest absolute Gasteiger partial charge is 0.383 e. The van der Waals surface area contributed by atoms with E-state index < -0.39 is 6.10 Å². The van der Waals surface area contributed by atoms with Gasteiger partial charge in [0.15, 0.2) is 0 Å². The minimum Gasteiger partial charge on any atom is -0.383 e. The van der Waals surface area contributed by atoms with E-state index in [-0.39, 0.29) is 11.8 Å². The number of hydrogen-bond acceptors (Lipinski definition) is 3. The highest BCUT2D eigenvalue weighted by molar-refractivity contribution is 5.94. The molecular weight excluding hydrogens is 288 g/mol. The van der Waals surface area contributed by atoms with Gasteiger partial charge in [-0.1, -0.05) is 25.5 Å².